The van der Waals surface area contributed by atoms with E-state index in [1.807, 2.05) is 6.92 Å². The molecule has 2 aliphatic heterocycles. The van der Waals surface area contributed by atoms with Crippen molar-refractivity contribution in [2.45, 2.75) is 89.0 Å². The summed E-state index contributed by atoms with van der Waals surface area (Å²) in [4.78, 5) is 5.21. The molecule has 2 aromatic rings. The molecular formula is C24H30ClF3N2O4S. The smallest absolute Gasteiger partial charge is 0.378 e. The summed E-state index contributed by atoms with van der Waals surface area (Å²) in [5.74, 6) is -0.869. The van der Waals surface area contributed by atoms with Gasteiger partial charge in [-0.15, -0.1) is 0 Å². The molecule has 2 saturated heterocycles. The Morgan fingerprint density at radius 3 is 2.31 bits per heavy atom. The second kappa shape index (κ2) is 8.00. The molecule has 0 radical (unpaired) electrons. The number of halogens is 4. The van der Waals surface area contributed by atoms with E-state index in [2.05, 4.69) is 27.9 Å². The van der Waals surface area contributed by atoms with Crippen molar-refractivity contribution in [2.24, 2.45) is 10.8 Å². The molecule has 0 amide bonds. The fraction of sp³-hybridized carbons (Fsp3) is 0.667. The Labute approximate surface area is 207 Å². The number of aliphatic hydroxyl groups excluding tert-OH is 1. The highest BCUT2D eigenvalue weighted by Gasteiger charge is 2.58. The van der Waals surface area contributed by atoms with Crippen LogP contribution in [0.5, 0.6) is 5.75 Å². The van der Waals surface area contributed by atoms with E-state index in [0.717, 1.165) is 25.7 Å². The van der Waals surface area contributed by atoms with Gasteiger partial charge in [-0.05, 0) is 73.0 Å². The number of fused-ring (bicyclic) bond motifs is 1. The Kier molecular flexibility index (Phi) is 5.76. The lowest BCUT2D eigenvalue weighted by atomic mass is 9.50. The Morgan fingerprint density at radius 2 is 1.77 bits per heavy atom. The normalized spacial score (nSPS) is 32.8. The molecule has 2 aliphatic carbocycles. The van der Waals surface area contributed by atoms with Gasteiger partial charge in [0.05, 0.1) is 5.02 Å². The first-order valence-electron chi connectivity index (χ1n) is 11.9. The van der Waals surface area contributed by atoms with Gasteiger partial charge in [0.15, 0.2) is 5.75 Å². The predicted molar refractivity (Wildman–Crippen MR) is 127 cm³/mol. The average molecular weight is 535 g/mol. The molecule has 194 valence electrons. The van der Waals surface area contributed by atoms with Crippen LogP contribution >= 0.6 is 11.6 Å². The van der Waals surface area contributed by atoms with E-state index in [-0.39, 0.29) is 16.3 Å². The molecule has 1 aromatic carbocycles. The number of piperidine rings is 2. The minimum absolute atomic E-state index is 0.171. The Balaban J connectivity index is 1.42. The van der Waals surface area contributed by atoms with Crippen LogP contribution < -0.4 is 4.18 Å². The standard InChI is InChI=1S/C24H30ClF3N2O4S/c1-13(6-19(31)30-14-7-22(2)8-15(30)10-23(3,9-14)12-22)16-11-29-18-5-4-17(25)21(20(16)18)34-35(32,33)24(26,27)28/h4-5,11,13-15,19,29,31H,6-10,12H2,1-3H3. The predicted octanol–water partition coefficient (Wildman–Crippen LogP) is 5.90. The Bertz CT molecular complexity index is 1230. The summed E-state index contributed by atoms with van der Waals surface area (Å²) in [6.45, 7) is 6.55. The number of hydrogen-bond acceptors (Lipinski definition) is 5. The van der Waals surface area contributed by atoms with Crippen LogP contribution in [-0.4, -0.2) is 47.2 Å². The van der Waals surface area contributed by atoms with E-state index in [1.54, 1.807) is 12.3 Å². The van der Waals surface area contributed by atoms with Gasteiger partial charge in [-0.25, -0.2) is 0 Å². The van der Waals surface area contributed by atoms with Gasteiger partial charge in [0.2, 0.25) is 0 Å². The van der Waals surface area contributed by atoms with E-state index in [9.17, 15) is 26.7 Å². The number of rotatable bonds is 6. The highest BCUT2D eigenvalue weighted by atomic mass is 35.5. The van der Waals surface area contributed by atoms with Gasteiger partial charge in [0.25, 0.3) is 0 Å². The Hall–Kier alpha value is -1.49. The SMILES string of the molecule is CC(CC(O)N1C2CC3(C)CC1CC(C)(C2)C3)c1c[nH]c2ccc(Cl)c(OS(=O)(=O)C(F)(F)F)c12. The van der Waals surface area contributed by atoms with Crippen LogP contribution in [0.3, 0.4) is 0 Å². The third kappa shape index (κ3) is 4.24. The quantitative estimate of drug-likeness (QED) is 0.356. The lowest BCUT2D eigenvalue weighted by Crippen LogP contribution is -2.66. The first kappa shape index (κ1) is 25.2. The zero-order chi connectivity index (χ0) is 25.6. The largest absolute Gasteiger partial charge is 0.534 e. The summed E-state index contributed by atoms with van der Waals surface area (Å²) in [6.07, 6.45) is 6.68. The second-order valence-corrected chi connectivity index (χ2v) is 13.5. The Morgan fingerprint density at radius 1 is 1.20 bits per heavy atom. The molecule has 0 spiro atoms. The third-order valence-corrected chi connectivity index (χ3v) is 9.56. The number of nitrogens with one attached hydrogen (secondary N) is 1. The molecule has 35 heavy (non-hydrogen) atoms. The van der Waals surface area contributed by atoms with Crippen LogP contribution in [0.1, 0.15) is 70.8 Å². The summed E-state index contributed by atoms with van der Waals surface area (Å²) in [5, 5.41) is 11.2. The zero-order valence-corrected chi connectivity index (χ0v) is 21.4. The van der Waals surface area contributed by atoms with Crippen molar-refractivity contribution in [1.82, 2.24) is 9.88 Å². The van der Waals surface area contributed by atoms with Gasteiger partial charge in [-0.2, -0.15) is 21.6 Å². The van der Waals surface area contributed by atoms with Crippen molar-refractivity contribution in [3.05, 3.63) is 28.9 Å². The van der Waals surface area contributed by atoms with Crippen LogP contribution in [0.4, 0.5) is 13.2 Å². The number of H-pyrrole nitrogens is 1. The van der Waals surface area contributed by atoms with E-state index in [1.165, 1.54) is 12.5 Å². The molecule has 1 aromatic heterocycles. The molecule has 11 heteroatoms. The van der Waals surface area contributed by atoms with Gasteiger partial charge >= 0.3 is 15.6 Å². The van der Waals surface area contributed by atoms with Gasteiger partial charge in [0.1, 0.15) is 6.23 Å². The fourth-order valence-electron chi connectivity index (χ4n) is 7.50. The number of nitrogens with zero attached hydrogens (tertiary/aromatic N) is 1. The molecule has 4 fully saturated rings. The number of benzene rings is 1. The topological polar surface area (TPSA) is 82.6 Å². The van der Waals surface area contributed by atoms with Crippen LogP contribution in [0.25, 0.3) is 10.9 Å². The molecule has 4 aliphatic rings. The van der Waals surface area contributed by atoms with E-state index < -0.39 is 27.6 Å². The zero-order valence-electron chi connectivity index (χ0n) is 19.8. The first-order valence-corrected chi connectivity index (χ1v) is 13.7. The number of aliphatic hydroxyl groups is 1. The summed E-state index contributed by atoms with van der Waals surface area (Å²) >= 11 is 6.10. The average Bonchev–Trinajstić information content (AvgIpc) is 3.11. The maximum atomic E-state index is 13.0. The summed E-state index contributed by atoms with van der Waals surface area (Å²) in [7, 11) is -5.90. The van der Waals surface area contributed by atoms with Crippen molar-refractivity contribution < 1.29 is 30.9 Å². The van der Waals surface area contributed by atoms with E-state index in [4.69, 9.17) is 11.6 Å². The van der Waals surface area contributed by atoms with E-state index >= 15 is 0 Å². The molecule has 3 heterocycles. The molecule has 2 unspecified atom stereocenters. The molecule has 2 atom stereocenters. The number of aromatic nitrogens is 1. The van der Waals surface area contributed by atoms with Crippen LogP contribution in [0.2, 0.25) is 5.02 Å². The maximum Gasteiger partial charge on any atom is 0.534 e. The molecule has 6 rings (SSSR count). The summed E-state index contributed by atoms with van der Waals surface area (Å²) < 4.78 is 67.0. The third-order valence-electron chi connectivity index (χ3n) is 8.31. The highest BCUT2D eigenvalue weighted by molar-refractivity contribution is 7.88. The maximum absolute atomic E-state index is 13.0. The van der Waals surface area contributed by atoms with Gasteiger partial charge in [-0.1, -0.05) is 32.4 Å². The van der Waals surface area contributed by atoms with Crippen LogP contribution in [0.15, 0.2) is 18.3 Å². The first-order chi connectivity index (χ1) is 16.1. The summed E-state index contributed by atoms with van der Waals surface area (Å²) in [5.41, 5.74) is -4.03. The molecule has 2 saturated carbocycles. The highest BCUT2D eigenvalue weighted by Crippen LogP contribution is 2.61. The lowest BCUT2D eigenvalue weighted by Gasteiger charge is -2.65. The number of aromatic amines is 1. The summed E-state index contributed by atoms with van der Waals surface area (Å²) in [6, 6.07) is 3.45. The number of alkyl halides is 3. The van der Waals surface area contributed by atoms with Gasteiger partial charge in [-0.3, -0.25) is 4.90 Å². The van der Waals surface area contributed by atoms with Gasteiger partial charge < -0.3 is 14.3 Å². The minimum Gasteiger partial charge on any atom is -0.378 e. The van der Waals surface area contributed by atoms with Crippen LogP contribution in [-0.2, 0) is 10.1 Å². The molecule has 6 nitrogen and oxygen atoms in total. The van der Waals surface area contributed by atoms with E-state index in [0.29, 0.717) is 40.4 Å². The van der Waals surface area contributed by atoms with Crippen molar-refractivity contribution in [3.63, 3.8) is 0 Å². The van der Waals surface area contributed by atoms with Crippen molar-refractivity contribution >= 4 is 32.6 Å². The molecule has 2 N–H and O–H groups in total. The van der Waals surface area contributed by atoms with Crippen LogP contribution in [0, 0.1) is 10.8 Å². The minimum atomic E-state index is -5.90. The van der Waals surface area contributed by atoms with Crippen molar-refractivity contribution in [3.8, 4) is 5.75 Å². The monoisotopic (exact) mass is 534 g/mol. The lowest BCUT2D eigenvalue weighted by molar-refractivity contribution is -0.191. The van der Waals surface area contributed by atoms with Crippen molar-refractivity contribution in [2.75, 3.05) is 0 Å². The van der Waals surface area contributed by atoms with Crippen molar-refractivity contribution in [1.29, 1.82) is 0 Å². The number of hydrogen-bond donors (Lipinski definition) is 2. The second-order valence-electron chi connectivity index (χ2n) is 11.5. The van der Waals surface area contributed by atoms with Gasteiger partial charge in [0, 0.05) is 29.2 Å². The molecule has 4 bridgehead atoms. The molecular weight excluding hydrogens is 505 g/mol. The fourth-order valence-corrected chi connectivity index (χ4v) is 8.22.